The number of carbonyl (C=O) groups excluding carboxylic acids is 1. The molecule has 0 aliphatic rings. The molecule has 4 rings (SSSR count). The Morgan fingerprint density at radius 3 is 2.56 bits per heavy atom. The summed E-state index contributed by atoms with van der Waals surface area (Å²) in [7, 11) is 3.47. The summed E-state index contributed by atoms with van der Waals surface area (Å²) in [6, 6.07) is 14.7. The number of carbonyl (C=O) groups is 1. The van der Waals surface area contributed by atoms with Crippen LogP contribution in [-0.4, -0.2) is 38.5 Å². The first-order valence-electron chi connectivity index (χ1n) is 10.3. The molecule has 2 heterocycles. The van der Waals surface area contributed by atoms with E-state index in [-0.39, 0.29) is 17.8 Å². The van der Waals surface area contributed by atoms with Crippen LogP contribution in [0.5, 0.6) is 11.5 Å². The minimum absolute atomic E-state index is 0.172. The van der Waals surface area contributed by atoms with Crippen LogP contribution in [-0.2, 0) is 11.8 Å². The minimum Gasteiger partial charge on any atom is -0.497 e. The number of thiazole rings is 1. The molecule has 34 heavy (non-hydrogen) atoms. The Hall–Kier alpha value is -3.08. The quantitative estimate of drug-likeness (QED) is 0.295. The topological polar surface area (TPSA) is 91.2 Å². The zero-order valence-corrected chi connectivity index (χ0v) is 21.1. The van der Waals surface area contributed by atoms with E-state index < -0.39 is 0 Å². The SMILES string of the molecule is COc1ccc(OC(C)c2nnc(SCC(=O)Nc3nc(-c4ccc(Cl)cc4)cs3)n2C)cc1. The number of nitrogens with one attached hydrogen (secondary N) is 1. The number of benzene rings is 2. The molecule has 2 aromatic heterocycles. The summed E-state index contributed by atoms with van der Waals surface area (Å²) in [5.74, 6) is 2.12. The van der Waals surface area contributed by atoms with Gasteiger partial charge >= 0.3 is 0 Å². The van der Waals surface area contributed by atoms with Crippen molar-refractivity contribution in [2.24, 2.45) is 7.05 Å². The van der Waals surface area contributed by atoms with Crippen LogP contribution in [0.2, 0.25) is 5.02 Å². The molecule has 4 aromatic rings. The van der Waals surface area contributed by atoms with Gasteiger partial charge in [0.15, 0.2) is 22.2 Å². The second-order valence-corrected chi connectivity index (χ2v) is 9.45. The van der Waals surface area contributed by atoms with Crippen molar-refractivity contribution in [3.05, 3.63) is 64.8 Å². The Labute approximate surface area is 210 Å². The highest BCUT2D eigenvalue weighted by molar-refractivity contribution is 7.99. The van der Waals surface area contributed by atoms with E-state index in [1.54, 1.807) is 7.11 Å². The number of methoxy groups -OCH3 is 1. The predicted molar refractivity (Wildman–Crippen MR) is 135 cm³/mol. The highest BCUT2D eigenvalue weighted by atomic mass is 35.5. The Morgan fingerprint density at radius 1 is 1.15 bits per heavy atom. The fraction of sp³-hybridized carbons (Fsp3) is 0.217. The van der Waals surface area contributed by atoms with Gasteiger partial charge in [0.05, 0.1) is 18.6 Å². The van der Waals surface area contributed by atoms with E-state index >= 15 is 0 Å². The summed E-state index contributed by atoms with van der Waals surface area (Å²) in [6.07, 6.45) is -0.323. The zero-order chi connectivity index (χ0) is 24.1. The third kappa shape index (κ3) is 5.88. The van der Waals surface area contributed by atoms with Crippen LogP contribution < -0.4 is 14.8 Å². The maximum absolute atomic E-state index is 12.4. The summed E-state index contributed by atoms with van der Waals surface area (Å²) in [4.78, 5) is 16.9. The average Bonchev–Trinajstić information content (AvgIpc) is 3.45. The van der Waals surface area contributed by atoms with Crippen molar-refractivity contribution in [3.63, 3.8) is 0 Å². The van der Waals surface area contributed by atoms with E-state index in [9.17, 15) is 4.79 Å². The van der Waals surface area contributed by atoms with Crippen LogP contribution in [0.1, 0.15) is 18.9 Å². The molecule has 1 atom stereocenters. The van der Waals surface area contributed by atoms with Crippen LogP contribution in [0.4, 0.5) is 5.13 Å². The van der Waals surface area contributed by atoms with Gasteiger partial charge in [-0.3, -0.25) is 4.79 Å². The van der Waals surface area contributed by atoms with Gasteiger partial charge in [-0.25, -0.2) is 4.98 Å². The lowest BCUT2D eigenvalue weighted by Crippen LogP contribution is -2.14. The summed E-state index contributed by atoms with van der Waals surface area (Å²) < 4.78 is 13.0. The van der Waals surface area contributed by atoms with Crippen LogP contribution in [0, 0.1) is 0 Å². The summed E-state index contributed by atoms with van der Waals surface area (Å²) in [5, 5.41) is 15.0. The molecule has 0 saturated heterocycles. The van der Waals surface area contributed by atoms with Crippen molar-refractivity contribution in [2.75, 3.05) is 18.2 Å². The molecule has 0 radical (unpaired) electrons. The largest absolute Gasteiger partial charge is 0.497 e. The number of nitrogens with zero attached hydrogens (tertiary/aromatic N) is 4. The number of aromatic nitrogens is 4. The van der Waals surface area contributed by atoms with Crippen LogP contribution in [0.25, 0.3) is 11.3 Å². The summed E-state index contributed by atoms with van der Waals surface area (Å²) >= 11 is 8.60. The number of thioether (sulfide) groups is 1. The Morgan fingerprint density at radius 2 is 1.85 bits per heavy atom. The monoisotopic (exact) mass is 515 g/mol. The zero-order valence-electron chi connectivity index (χ0n) is 18.7. The molecule has 1 N–H and O–H groups in total. The molecular formula is C23H22ClN5O3S2. The molecular weight excluding hydrogens is 494 g/mol. The van der Waals surface area contributed by atoms with E-state index in [4.69, 9.17) is 21.1 Å². The number of rotatable bonds is 9. The van der Waals surface area contributed by atoms with E-state index in [0.29, 0.717) is 26.9 Å². The molecule has 0 fully saturated rings. The van der Waals surface area contributed by atoms with Gasteiger partial charge in [0.2, 0.25) is 5.91 Å². The number of halogens is 1. The van der Waals surface area contributed by atoms with Crippen LogP contribution in [0.15, 0.2) is 59.1 Å². The van der Waals surface area contributed by atoms with Gasteiger partial charge in [-0.2, -0.15) is 0 Å². The van der Waals surface area contributed by atoms with Gasteiger partial charge < -0.3 is 19.4 Å². The molecule has 0 spiro atoms. The van der Waals surface area contributed by atoms with Crippen molar-refractivity contribution in [3.8, 4) is 22.8 Å². The van der Waals surface area contributed by atoms with Gasteiger partial charge in [0.1, 0.15) is 11.5 Å². The smallest absolute Gasteiger partial charge is 0.236 e. The van der Waals surface area contributed by atoms with Gasteiger partial charge in [-0.15, -0.1) is 21.5 Å². The average molecular weight is 516 g/mol. The van der Waals surface area contributed by atoms with E-state index in [0.717, 1.165) is 17.0 Å². The Bertz CT molecular complexity index is 1260. The molecule has 0 aliphatic carbocycles. The lowest BCUT2D eigenvalue weighted by molar-refractivity contribution is -0.113. The number of hydrogen-bond donors (Lipinski definition) is 1. The Balaban J connectivity index is 1.31. The maximum Gasteiger partial charge on any atom is 0.236 e. The number of hydrogen-bond acceptors (Lipinski definition) is 8. The fourth-order valence-electron chi connectivity index (χ4n) is 3.09. The van der Waals surface area contributed by atoms with Crippen LogP contribution in [0.3, 0.4) is 0 Å². The van der Waals surface area contributed by atoms with E-state index in [2.05, 4.69) is 20.5 Å². The van der Waals surface area contributed by atoms with Gasteiger partial charge in [-0.05, 0) is 43.3 Å². The van der Waals surface area contributed by atoms with Crippen molar-refractivity contribution in [1.29, 1.82) is 0 Å². The summed E-state index contributed by atoms with van der Waals surface area (Å²) in [5.41, 5.74) is 1.72. The number of anilines is 1. The second-order valence-electron chi connectivity index (χ2n) is 7.22. The molecule has 1 amide bonds. The third-order valence-electron chi connectivity index (χ3n) is 4.83. The standard InChI is InChI=1S/C23H22ClN5O3S2/c1-14(32-18-10-8-17(31-3)9-11-18)21-27-28-23(29(21)2)34-13-20(30)26-22-25-19(12-33-22)15-4-6-16(24)7-5-15/h4-12,14H,13H2,1-3H3,(H,25,26,30). The lowest BCUT2D eigenvalue weighted by Gasteiger charge is -2.14. The minimum atomic E-state index is -0.323. The Kier molecular flexibility index (Phi) is 7.71. The van der Waals surface area contributed by atoms with Crippen molar-refractivity contribution >= 4 is 45.7 Å². The number of amides is 1. The second kappa shape index (κ2) is 10.9. The normalized spacial score (nSPS) is 11.8. The number of ether oxygens (including phenoxy) is 2. The van der Waals surface area contributed by atoms with E-state index in [1.165, 1.54) is 23.1 Å². The fourth-order valence-corrected chi connectivity index (χ4v) is 4.67. The first-order chi connectivity index (χ1) is 16.4. The van der Waals surface area contributed by atoms with Gasteiger partial charge in [0.25, 0.3) is 0 Å². The molecule has 11 heteroatoms. The highest BCUT2D eigenvalue weighted by Gasteiger charge is 2.18. The van der Waals surface area contributed by atoms with Crippen molar-refractivity contribution < 1.29 is 14.3 Å². The molecule has 2 aromatic carbocycles. The lowest BCUT2D eigenvalue weighted by atomic mass is 10.2. The molecule has 176 valence electrons. The van der Waals surface area contributed by atoms with Crippen LogP contribution >= 0.6 is 34.7 Å². The first-order valence-corrected chi connectivity index (χ1v) is 12.5. The van der Waals surface area contributed by atoms with Gasteiger partial charge in [0, 0.05) is 23.0 Å². The molecule has 0 aliphatic heterocycles. The molecule has 1 unspecified atom stereocenters. The maximum atomic E-state index is 12.4. The van der Waals surface area contributed by atoms with Crippen molar-refractivity contribution in [2.45, 2.75) is 18.2 Å². The van der Waals surface area contributed by atoms with Gasteiger partial charge in [-0.1, -0.05) is 35.5 Å². The first kappa shape index (κ1) is 24.1. The molecule has 0 bridgehead atoms. The third-order valence-corrected chi connectivity index (χ3v) is 6.86. The summed E-state index contributed by atoms with van der Waals surface area (Å²) in [6.45, 7) is 1.90. The predicted octanol–water partition coefficient (Wildman–Crippen LogP) is 5.47. The molecule has 8 nitrogen and oxygen atoms in total. The molecule has 0 saturated carbocycles. The highest BCUT2D eigenvalue weighted by Crippen LogP contribution is 2.27. The van der Waals surface area contributed by atoms with E-state index in [1.807, 2.05) is 72.4 Å². The van der Waals surface area contributed by atoms with Crippen molar-refractivity contribution in [1.82, 2.24) is 19.7 Å².